The molecule has 0 aromatic heterocycles. The average Bonchev–Trinajstić information content (AvgIpc) is 1.61. The van der Waals surface area contributed by atoms with Crippen molar-refractivity contribution >= 4 is 4.40 Å². The van der Waals surface area contributed by atoms with E-state index < -0.39 is 0 Å². The third-order valence-corrected chi connectivity index (χ3v) is 0.890. The van der Waals surface area contributed by atoms with Gasteiger partial charge in [0.1, 0.15) is 0 Å². The molecule has 0 bridgehead atoms. The van der Waals surface area contributed by atoms with E-state index >= 15 is 0 Å². The molecule has 0 saturated carbocycles. The molecule has 32 valence electrons. The fourth-order valence-corrected chi connectivity index (χ4v) is 0.450. The SMILES string of the molecule is C=C/C=C\[CH]=[W]. The first-order chi connectivity index (χ1) is 2.91. The van der Waals surface area contributed by atoms with Gasteiger partial charge in [-0.3, -0.25) is 0 Å². The molecule has 0 nitrogen and oxygen atoms in total. The maximum absolute atomic E-state index is 3.50. The van der Waals surface area contributed by atoms with Crippen LogP contribution in [-0.4, -0.2) is 4.40 Å². The third-order valence-electron chi connectivity index (χ3n) is 0.326. The Morgan fingerprint density at radius 1 is 1.33 bits per heavy atom. The zero-order chi connectivity index (χ0) is 4.83. The van der Waals surface area contributed by atoms with Crippen LogP contribution in [0.3, 0.4) is 0 Å². The van der Waals surface area contributed by atoms with Gasteiger partial charge in [-0.2, -0.15) is 0 Å². The van der Waals surface area contributed by atoms with Crippen LogP contribution in [0.25, 0.3) is 0 Å². The van der Waals surface area contributed by atoms with Crippen LogP contribution in [0.2, 0.25) is 0 Å². The first-order valence-corrected chi connectivity index (χ1v) is 3.34. The normalized spacial score (nSPS) is 8.67. The molecule has 1 heteroatoms. The average molecular weight is 250 g/mol. The van der Waals surface area contributed by atoms with Gasteiger partial charge in [-0.1, -0.05) is 0 Å². The summed E-state index contributed by atoms with van der Waals surface area (Å²) in [6, 6.07) is 0. The van der Waals surface area contributed by atoms with Crippen LogP contribution in [0.1, 0.15) is 0 Å². The molecular weight excluding hydrogens is 244 g/mol. The predicted molar refractivity (Wildman–Crippen MR) is 25.4 cm³/mol. The Balaban J connectivity index is 3.17. The van der Waals surface area contributed by atoms with Crippen molar-refractivity contribution in [2.75, 3.05) is 0 Å². The van der Waals surface area contributed by atoms with E-state index in [0.29, 0.717) is 0 Å². The molecular formula is C5H6W. The van der Waals surface area contributed by atoms with Crippen molar-refractivity contribution in [3.63, 3.8) is 0 Å². The Labute approximate surface area is 49.0 Å². The molecule has 0 amide bonds. The standard InChI is InChI=1S/C5H6.W/c1-3-5-4-2;/h1,3-5H,2H2;/b5-3-;. The van der Waals surface area contributed by atoms with E-state index in [4.69, 9.17) is 0 Å². The Kier molecular flexibility index (Phi) is 5.07. The first-order valence-electron chi connectivity index (χ1n) is 1.64. The molecule has 0 aliphatic heterocycles. The summed E-state index contributed by atoms with van der Waals surface area (Å²) in [7, 11) is 0. The van der Waals surface area contributed by atoms with Crippen molar-refractivity contribution in [2.45, 2.75) is 0 Å². The summed E-state index contributed by atoms with van der Waals surface area (Å²) in [6.07, 6.45) is 5.65. The van der Waals surface area contributed by atoms with Gasteiger partial charge in [0.2, 0.25) is 0 Å². The monoisotopic (exact) mass is 250 g/mol. The zero-order valence-electron chi connectivity index (χ0n) is 3.42. The van der Waals surface area contributed by atoms with Gasteiger partial charge in [0.15, 0.2) is 0 Å². The minimum absolute atomic E-state index is 1.48. The van der Waals surface area contributed by atoms with Gasteiger partial charge in [-0.05, 0) is 0 Å². The Morgan fingerprint density at radius 3 is 2.17 bits per heavy atom. The molecule has 0 aromatic rings. The molecule has 0 aliphatic carbocycles. The van der Waals surface area contributed by atoms with E-state index in [9.17, 15) is 0 Å². The fraction of sp³-hybridized carbons (Fsp3) is 0. The second-order valence-electron chi connectivity index (χ2n) is 0.757. The summed E-state index contributed by atoms with van der Waals surface area (Å²) < 4.78 is 2.04. The first kappa shape index (κ1) is 6.04. The summed E-state index contributed by atoms with van der Waals surface area (Å²) >= 11 is 1.48. The third kappa shape index (κ3) is 4.04. The summed E-state index contributed by atoms with van der Waals surface area (Å²) in [5.41, 5.74) is 0. The maximum atomic E-state index is 3.50. The molecule has 6 heavy (non-hydrogen) atoms. The van der Waals surface area contributed by atoms with Crippen molar-refractivity contribution in [3.8, 4) is 0 Å². The molecule has 0 rings (SSSR count). The zero-order valence-corrected chi connectivity index (χ0v) is 6.36. The van der Waals surface area contributed by atoms with Crippen LogP contribution >= 0.6 is 0 Å². The van der Waals surface area contributed by atoms with Gasteiger partial charge >= 0.3 is 48.6 Å². The molecule has 0 spiro atoms. The van der Waals surface area contributed by atoms with Crippen molar-refractivity contribution in [1.29, 1.82) is 0 Å². The number of hydrogen-bond acceptors (Lipinski definition) is 0. The molecule has 0 atom stereocenters. The summed E-state index contributed by atoms with van der Waals surface area (Å²) in [5.74, 6) is 0. The van der Waals surface area contributed by atoms with E-state index in [1.807, 2.05) is 16.6 Å². The number of rotatable bonds is 2. The van der Waals surface area contributed by atoms with Gasteiger partial charge in [-0.25, -0.2) is 0 Å². The molecule has 0 radical (unpaired) electrons. The van der Waals surface area contributed by atoms with Gasteiger partial charge in [0.25, 0.3) is 0 Å². The van der Waals surface area contributed by atoms with E-state index in [-0.39, 0.29) is 0 Å². The van der Waals surface area contributed by atoms with Crippen molar-refractivity contribution in [3.05, 3.63) is 24.8 Å². The van der Waals surface area contributed by atoms with Crippen molar-refractivity contribution in [2.24, 2.45) is 0 Å². The van der Waals surface area contributed by atoms with E-state index in [1.54, 1.807) is 6.08 Å². The van der Waals surface area contributed by atoms with Gasteiger partial charge in [0, 0.05) is 0 Å². The molecule has 0 heterocycles. The second kappa shape index (κ2) is 5.04. The van der Waals surface area contributed by atoms with Gasteiger partial charge in [-0.15, -0.1) is 0 Å². The number of allylic oxidation sites excluding steroid dienone is 3. The van der Waals surface area contributed by atoms with Crippen LogP contribution < -0.4 is 0 Å². The molecule has 0 unspecified atom stereocenters. The molecule has 0 N–H and O–H groups in total. The molecule has 0 saturated heterocycles. The van der Waals surface area contributed by atoms with Crippen LogP contribution in [0.4, 0.5) is 0 Å². The summed E-state index contributed by atoms with van der Waals surface area (Å²) in [5, 5.41) is 0. The van der Waals surface area contributed by atoms with Crippen LogP contribution in [-0.2, 0) is 19.4 Å². The molecule has 0 fully saturated rings. The van der Waals surface area contributed by atoms with Crippen LogP contribution in [0, 0.1) is 0 Å². The number of hydrogen-bond donors (Lipinski definition) is 0. The Morgan fingerprint density at radius 2 is 2.00 bits per heavy atom. The van der Waals surface area contributed by atoms with E-state index in [2.05, 4.69) is 6.58 Å². The van der Waals surface area contributed by atoms with Crippen molar-refractivity contribution in [1.82, 2.24) is 0 Å². The van der Waals surface area contributed by atoms with Crippen LogP contribution in [0.15, 0.2) is 24.8 Å². The minimum atomic E-state index is 1.48. The second-order valence-corrected chi connectivity index (χ2v) is 1.73. The Hall–Kier alpha value is 0.0383. The summed E-state index contributed by atoms with van der Waals surface area (Å²) in [6.45, 7) is 3.50. The quantitative estimate of drug-likeness (QED) is 0.643. The summed E-state index contributed by atoms with van der Waals surface area (Å²) in [4.78, 5) is 0. The fourth-order valence-electron chi connectivity index (χ4n) is 0.124. The van der Waals surface area contributed by atoms with Gasteiger partial charge in [0.05, 0.1) is 0 Å². The van der Waals surface area contributed by atoms with Crippen LogP contribution in [0.5, 0.6) is 0 Å². The van der Waals surface area contributed by atoms with E-state index in [1.165, 1.54) is 19.4 Å². The van der Waals surface area contributed by atoms with E-state index in [0.717, 1.165) is 0 Å². The van der Waals surface area contributed by atoms with Crippen molar-refractivity contribution < 1.29 is 19.4 Å². The molecule has 0 aromatic carbocycles. The molecule has 0 aliphatic rings. The Bertz CT molecular complexity index is 62.0. The van der Waals surface area contributed by atoms with Gasteiger partial charge < -0.3 is 0 Å². The topological polar surface area (TPSA) is 0 Å². The predicted octanol–water partition coefficient (Wildman–Crippen LogP) is 1.08.